The van der Waals surface area contributed by atoms with E-state index >= 15 is 0 Å². The Morgan fingerprint density at radius 1 is 0.938 bits per heavy atom. The quantitative estimate of drug-likeness (QED) is 0.646. The van der Waals surface area contributed by atoms with Gasteiger partial charge in [0.05, 0.1) is 0 Å². The Morgan fingerprint density at radius 3 is 1.69 bits per heavy atom. The van der Waals surface area contributed by atoms with E-state index in [1.54, 1.807) is 18.2 Å². The van der Waals surface area contributed by atoms with E-state index in [0.29, 0.717) is 0 Å². The number of halogens is 1. The summed E-state index contributed by atoms with van der Waals surface area (Å²) in [6, 6.07) is 7.94. The first-order valence-corrected chi connectivity index (χ1v) is 6.18. The highest BCUT2D eigenvalue weighted by atomic mass is 19.1. The van der Waals surface area contributed by atoms with Crippen LogP contribution >= 0.6 is 0 Å². The molecule has 1 aliphatic rings. The summed E-state index contributed by atoms with van der Waals surface area (Å²) >= 11 is 0. The predicted octanol–water partition coefficient (Wildman–Crippen LogP) is 3.95. The van der Waals surface area contributed by atoms with E-state index in [0.717, 1.165) is 0 Å². The van der Waals surface area contributed by atoms with Crippen LogP contribution < -0.4 is 0 Å². The minimum Gasteiger partial charge on any atom is -0.306 e. The molecule has 0 saturated carbocycles. The third kappa shape index (κ3) is 8.42. The van der Waals surface area contributed by atoms with Crippen molar-refractivity contribution in [2.24, 2.45) is 0 Å². The molecule has 0 radical (unpaired) electrons. The van der Waals surface area contributed by atoms with Gasteiger partial charge in [0.15, 0.2) is 0 Å². The van der Waals surface area contributed by atoms with E-state index in [-0.39, 0.29) is 5.82 Å². The molecule has 1 aromatic rings. The highest BCUT2D eigenvalue weighted by Crippen LogP contribution is 2.04. The summed E-state index contributed by atoms with van der Waals surface area (Å²) in [5, 5.41) is 0. The van der Waals surface area contributed by atoms with Gasteiger partial charge in [-0.25, -0.2) is 4.39 Å². The molecule has 2 rings (SSSR count). The normalized spacial score (nSPS) is 15.2. The SMILES string of the molecule is CC.CN1CCCCC1.Fc1ccccc1. The maximum Gasteiger partial charge on any atom is 0.123 e. The average Bonchev–Trinajstić information content (AvgIpc) is 2.34. The number of hydrogen-bond acceptors (Lipinski definition) is 1. The van der Waals surface area contributed by atoms with E-state index in [1.165, 1.54) is 44.5 Å². The van der Waals surface area contributed by atoms with Gasteiger partial charge in [0.25, 0.3) is 0 Å². The molecule has 1 aromatic carbocycles. The molecule has 0 unspecified atom stereocenters. The molecule has 0 N–H and O–H groups in total. The maximum absolute atomic E-state index is 11.9. The third-order valence-corrected chi connectivity index (χ3v) is 2.31. The molecule has 1 heterocycles. The van der Waals surface area contributed by atoms with E-state index in [9.17, 15) is 4.39 Å². The zero-order chi connectivity index (χ0) is 12.2. The van der Waals surface area contributed by atoms with Crippen LogP contribution in [0.4, 0.5) is 4.39 Å². The Kier molecular flexibility index (Phi) is 10.0. The lowest BCUT2D eigenvalue weighted by molar-refractivity contribution is 0.277. The third-order valence-electron chi connectivity index (χ3n) is 2.31. The lowest BCUT2D eigenvalue weighted by Gasteiger charge is -2.20. The van der Waals surface area contributed by atoms with Crippen LogP contribution in [0.25, 0.3) is 0 Å². The molecule has 92 valence electrons. The van der Waals surface area contributed by atoms with Gasteiger partial charge >= 0.3 is 0 Å². The number of nitrogens with zero attached hydrogens (tertiary/aromatic N) is 1. The molecule has 1 aliphatic heterocycles. The van der Waals surface area contributed by atoms with E-state index in [2.05, 4.69) is 11.9 Å². The molecule has 2 heteroatoms. The van der Waals surface area contributed by atoms with Crippen molar-refractivity contribution < 1.29 is 4.39 Å². The van der Waals surface area contributed by atoms with E-state index < -0.39 is 0 Å². The molecular formula is C14H24FN. The first-order valence-electron chi connectivity index (χ1n) is 6.18. The number of benzene rings is 1. The number of hydrogen-bond donors (Lipinski definition) is 0. The van der Waals surface area contributed by atoms with E-state index in [1.807, 2.05) is 13.8 Å². The van der Waals surface area contributed by atoms with Crippen LogP contribution in [-0.2, 0) is 0 Å². The molecule has 0 atom stereocenters. The minimum atomic E-state index is -0.178. The molecule has 0 aliphatic carbocycles. The molecule has 1 nitrogen and oxygen atoms in total. The van der Waals surface area contributed by atoms with Crippen LogP contribution in [0.1, 0.15) is 33.1 Å². The second-order valence-corrected chi connectivity index (χ2v) is 3.66. The smallest absolute Gasteiger partial charge is 0.123 e. The topological polar surface area (TPSA) is 3.24 Å². The van der Waals surface area contributed by atoms with Crippen molar-refractivity contribution in [3.05, 3.63) is 36.1 Å². The molecule has 0 amide bonds. The summed E-state index contributed by atoms with van der Waals surface area (Å²) in [6.07, 6.45) is 4.28. The number of likely N-dealkylation sites (tertiary alicyclic amines) is 1. The summed E-state index contributed by atoms with van der Waals surface area (Å²) in [4.78, 5) is 2.39. The van der Waals surface area contributed by atoms with Gasteiger partial charge in [-0.1, -0.05) is 38.5 Å². The van der Waals surface area contributed by atoms with Crippen molar-refractivity contribution in [1.82, 2.24) is 4.90 Å². The summed E-state index contributed by atoms with van der Waals surface area (Å²) in [6.45, 7) is 6.64. The first kappa shape index (κ1) is 15.1. The molecule has 0 aromatic heterocycles. The lowest BCUT2D eigenvalue weighted by Crippen LogP contribution is -2.24. The van der Waals surface area contributed by atoms with Gasteiger partial charge in [-0.15, -0.1) is 0 Å². The Balaban J connectivity index is 0.000000244. The van der Waals surface area contributed by atoms with Gasteiger partial charge in [0, 0.05) is 0 Å². The summed E-state index contributed by atoms with van der Waals surface area (Å²) < 4.78 is 11.9. The van der Waals surface area contributed by atoms with Crippen LogP contribution in [0, 0.1) is 5.82 Å². The van der Waals surface area contributed by atoms with Crippen LogP contribution in [-0.4, -0.2) is 25.0 Å². The van der Waals surface area contributed by atoms with Crippen molar-refractivity contribution in [3.8, 4) is 0 Å². The van der Waals surface area contributed by atoms with Crippen LogP contribution in [0.2, 0.25) is 0 Å². The molecular weight excluding hydrogens is 201 g/mol. The molecule has 1 fully saturated rings. The minimum absolute atomic E-state index is 0.178. The average molecular weight is 225 g/mol. The predicted molar refractivity (Wildman–Crippen MR) is 69.1 cm³/mol. The second-order valence-electron chi connectivity index (χ2n) is 3.66. The zero-order valence-corrected chi connectivity index (χ0v) is 10.7. The Hall–Kier alpha value is -0.890. The van der Waals surface area contributed by atoms with Crippen LogP contribution in [0.15, 0.2) is 30.3 Å². The first-order chi connectivity index (χ1) is 7.79. The molecule has 16 heavy (non-hydrogen) atoms. The van der Waals surface area contributed by atoms with Crippen molar-refractivity contribution in [2.75, 3.05) is 20.1 Å². The fourth-order valence-electron chi connectivity index (χ4n) is 1.47. The van der Waals surface area contributed by atoms with E-state index in [4.69, 9.17) is 0 Å². The largest absolute Gasteiger partial charge is 0.306 e. The number of piperidine rings is 1. The zero-order valence-electron chi connectivity index (χ0n) is 10.7. The van der Waals surface area contributed by atoms with Crippen molar-refractivity contribution in [3.63, 3.8) is 0 Å². The van der Waals surface area contributed by atoms with Crippen LogP contribution in [0.5, 0.6) is 0 Å². The summed E-state index contributed by atoms with van der Waals surface area (Å²) in [7, 11) is 2.19. The highest BCUT2D eigenvalue weighted by molar-refractivity contribution is 5.02. The van der Waals surface area contributed by atoms with Gasteiger partial charge in [0.2, 0.25) is 0 Å². The lowest BCUT2D eigenvalue weighted by atomic mass is 10.1. The summed E-state index contributed by atoms with van der Waals surface area (Å²) in [5.74, 6) is -0.178. The monoisotopic (exact) mass is 225 g/mol. The highest BCUT2D eigenvalue weighted by Gasteiger charge is 2.02. The van der Waals surface area contributed by atoms with Gasteiger partial charge in [-0.2, -0.15) is 0 Å². The molecule has 0 bridgehead atoms. The Bertz CT molecular complexity index is 230. The van der Waals surface area contributed by atoms with Gasteiger partial charge in [-0.3, -0.25) is 0 Å². The van der Waals surface area contributed by atoms with Crippen molar-refractivity contribution >= 4 is 0 Å². The standard InChI is InChI=1S/C6H5F.C6H13N.C2H6/c7-6-4-2-1-3-5-6;1-7-5-3-2-4-6-7;1-2/h1-5H;2-6H2,1H3;1-2H3. The van der Waals surface area contributed by atoms with Crippen LogP contribution in [0.3, 0.4) is 0 Å². The maximum atomic E-state index is 11.9. The van der Waals surface area contributed by atoms with Gasteiger partial charge < -0.3 is 4.90 Å². The summed E-state index contributed by atoms with van der Waals surface area (Å²) in [5.41, 5.74) is 0. The van der Waals surface area contributed by atoms with Crippen molar-refractivity contribution in [1.29, 1.82) is 0 Å². The van der Waals surface area contributed by atoms with Crippen molar-refractivity contribution in [2.45, 2.75) is 33.1 Å². The number of rotatable bonds is 0. The fraction of sp³-hybridized carbons (Fsp3) is 0.571. The fourth-order valence-corrected chi connectivity index (χ4v) is 1.47. The van der Waals surface area contributed by atoms with Gasteiger partial charge in [0.1, 0.15) is 5.82 Å². The Labute approximate surface area is 99.3 Å². The molecule has 1 saturated heterocycles. The molecule has 0 spiro atoms. The second kappa shape index (κ2) is 10.6. The van der Waals surface area contributed by atoms with Gasteiger partial charge in [-0.05, 0) is 45.1 Å². The Morgan fingerprint density at radius 2 is 1.44 bits per heavy atom.